The summed E-state index contributed by atoms with van der Waals surface area (Å²) in [4.78, 5) is 12.0. The molecule has 0 spiro atoms. The highest BCUT2D eigenvalue weighted by molar-refractivity contribution is 6.11. The maximum Gasteiger partial charge on any atom is 0.197 e. The van der Waals surface area contributed by atoms with Crippen molar-refractivity contribution in [2.24, 2.45) is 0 Å². The van der Waals surface area contributed by atoms with Crippen molar-refractivity contribution in [2.45, 2.75) is 0 Å². The summed E-state index contributed by atoms with van der Waals surface area (Å²) in [5.41, 5.74) is 0.238. The van der Waals surface area contributed by atoms with Gasteiger partial charge in [0.2, 0.25) is 0 Å². The van der Waals surface area contributed by atoms with E-state index in [1.54, 1.807) is 36.4 Å². The Kier molecular flexibility index (Phi) is 5.46. The lowest BCUT2D eigenvalue weighted by Crippen LogP contribution is -2.01. The molecule has 0 bridgehead atoms. The number of carbonyl (C=O) groups is 1. The van der Waals surface area contributed by atoms with Gasteiger partial charge < -0.3 is 20.4 Å². The fraction of sp³-hybridized carbons (Fsp3) is 0. The van der Waals surface area contributed by atoms with E-state index in [9.17, 15) is 25.2 Å². The fourth-order valence-electron chi connectivity index (χ4n) is 2.73. The Bertz CT molecular complexity index is 1120. The van der Waals surface area contributed by atoms with Gasteiger partial charge in [0.05, 0.1) is 5.56 Å². The highest BCUT2D eigenvalue weighted by Gasteiger charge is 2.17. The third-order valence-electron chi connectivity index (χ3n) is 4.12. The first kappa shape index (κ1) is 18.8. The zero-order valence-electron chi connectivity index (χ0n) is 14.8. The van der Waals surface area contributed by atoms with Crippen LogP contribution in [0.15, 0.2) is 84.9 Å². The molecule has 0 fully saturated rings. The largest absolute Gasteiger partial charge is 0.508 e. The van der Waals surface area contributed by atoms with Crippen LogP contribution < -0.4 is 0 Å². The van der Waals surface area contributed by atoms with Gasteiger partial charge in [0, 0.05) is 17.0 Å². The Morgan fingerprint density at radius 2 is 1.29 bits per heavy atom. The predicted molar refractivity (Wildman–Crippen MR) is 107 cm³/mol. The molecule has 0 amide bonds. The second-order valence-corrected chi connectivity index (χ2v) is 6.05. The third-order valence-corrected chi connectivity index (χ3v) is 4.12. The van der Waals surface area contributed by atoms with E-state index in [4.69, 9.17) is 0 Å². The number of phenols is 4. The molecule has 0 heterocycles. The number of hydrogen-bond donors (Lipinski definition) is 4. The Labute approximate surface area is 161 Å². The second-order valence-electron chi connectivity index (χ2n) is 6.05. The van der Waals surface area contributed by atoms with E-state index in [1.807, 2.05) is 36.4 Å². The van der Waals surface area contributed by atoms with E-state index in [-0.39, 0.29) is 11.3 Å². The Balaban J connectivity index is 0.000000176. The van der Waals surface area contributed by atoms with E-state index in [0.717, 1.165) is 22.9 Å². The van der Waals surface area contributed by atoms with Gasteiger partial charge in [-0.1, -0.05) is 66.7 Å². The zero-order chi connectivity index (χ0) is 20.1. The van der Waals surface area contributed by atoms with Crippen LogP contribution in [0.25, 0.3) is 10.8 Å². The lowest BCUT2D eigenvalue weighted by molar-refractivity contribution is 0.103. The number of fused-ring (bicyclic) bond motifs is 1. The molecule has 4 aromatic carbocycles. The molecule has 0 atom stereocenters. The zero-order valence-corrected chi connectivity index (χ0v) is 14.8. The molecule has 0 aliphatic carbocycles. The van der Waals surface area contributed by atoms with Crippen LogP contribution in [0.4, 0.5) is 0 Å². The standard InChI is InChI=1S/C13H10O4.C10H8O/c14-9-6-10(13(17)11(15)7-9)12(16)8-4-2-1-3-5-8;11-10-7-3-5-8-4-1-2-6-9(8)10/h1-7,14-15,17H;1-7,11H. The summed E-state index contributed by atoms with van der Waals surface area (Å²) in [5, 5.41) is 39.5. The number of carbonyl (C=O) groups excluding carboxylic acids is 1. The fourth-order valence-corrected chi connectivity index (χ4v) is 2.73. The summed E-state index contributed by atoms with van der Waals surface area (Å²) in [6, 6.07) is 23.7. The first-order chi connectivity index (χ1) is 13.5. The van der Waals surface area contributed by atoms with Gasteiger partial charge in [0.25, 0.3) is 0 Å². The normalized spacial score (nSPS) is 10.1. The number of rotatable bonds is 2. The summed E-state index contributed by atoms with van der Waals surface area (Å²) in [7, 11) is 0. The molecule has 0 aromatic heterocycles. The van der Waals surface area contributed by atoms with Crippen LogP contribution in [-0.2, 0) is 0 Å². The molecule has 0 aliphatic rings. The number of ketones is 1. The highest BCUT2D eigenvalue weighted by atomic mass is 16.3. The molecule has 0 unspecified atom stereocenters. The number of phenolic OH excluding ortho intramolecular Hbond substituents is 4. The van der Waals surface area contributed by atoms with Gasteiger partial charge >= 0.3 is 0 Å². The highest BCUT2D eigenvalue weighted by Crippen LogP contribution is 2.34. The molecule has 140 valence electrons. The van der Waals surface area contributed by atoms with E-state index in [2.05, 4.69) is 0 Å². The quantitative estimate of drug-likeness (QED) is 0.234. The lowest BCUT2D eigenvalue weighted by Gasteiger charge is -2.06. The van der Waals surface area contributed by atoms with E-state index in [1.165, 1.54) is 0 Å². The average molecular weight is 374 g/mol. The number of aromatic hydroxyl groups is 4. The van der Waals surface area contributed by atoms with Crippen molar-refractivity contribution in [3.63, 3.8) is 0 Å². The van der Waals surface area contributed by atoms with Crippen LogP contribution in [0.2, 0.25) is 0 Å². The Morgan fingerprint density at radius 3 is 2.00 bits per heavy atom. The summed E-state index contributed by atoms with van der Waals surface area (Å²) in [6.45, 7) is 0. The monoisotopic (exact) mass is 374 g/mol. The predicted octanol–water partition coefficient (Wildman–Crippen LogP) is 4.58. The van der Waals surface area contributed by atoms with Crippen LogP contribution in [0.3, 0.4) is 0 Å². The van der Waals surface area contributed by atoms with Gasteiger partial charge in [-0.2, -0.15) is 0 Å². The first-order valence-corrected chi connectivity index (χ1v) is 8.49. The molecule has 4 rings (SSSR count). The summed E-state index contributed by atoms with van der Waals surface area (Å²) < 4.78 is 0. The number of hydrogen-bond acceptors (Lipinski definition) is 5. The summed E-state index contributed by atoms with van der Waals surface area (Å²) >= 11 is 0. The van der Waals surface area contributed by atoms with Crippen molar-refractivity contribution in [1.29, 1.82) is 0 Å². The van der Waals surface area contributed by atoms with Crippen molar-refractivity contribution in [3.05, 3.63) is 96.1 Å². The minimum atomic E-state index is -0.531. The molecule has 0 saturated carbocycles. The van der Waals surface area contributed by atoms with Gasteiger partial charge in [0.15, 0.2) is 17.3 Å². The van der Waals surface area contributed by atoms with Crippen molar-refractivity contribution in [1.82, 2.24) is 0 Å². The molecule has 4 aromatic rings. The van der Waals surface area contributed by atoms with Crippen molar-refractivity contribution >= 4 is 16.6 Å². The van der Waals surface area contributed by atoms with E-state index < -0.39 is 17.3 Å². The van der Waals surface area contributed by atoms with Crippen molar-refractivity contribution in [2.75, 3.05) is 0 Å². The molecule has 4 N–H and O–H groups in total. The molecule has 28 heavy (non-hydrogen) atoms. The molecule has 0 saturated heterocycles. The van der Waals surface area contributed by atoms with Crippen molar-refractivity contribution < 1.29 is 25.2 Å². The minimum Gasteiger partial charge on any atom is -0.508 e. The molecule has 5 nitrogen and oxygen atoms in total. The second kappa shape index (κ2) is 8.14. The van der Waals surface area contributed by atoms with Gasteiger partial charge in [-0.3, -0.25) is 4.79 Å². The summed E-state index contributed by atoms with van der Waals surface area (Å²) in [6.07, 6.45) is 0. The molecular weight excluding hydrogens is 356 g/mol. The van der Waals surface area contributed by atoms with Gasteiger partial charge in [-0.15, -0.1) is 0 Å². The SMILES string of the molecule is O=C(c1ccccc1)c1cc(O)cc(O)c1O.Oc1cccc2ccccc12. The van der Waals surface area contributed by atoms with E-state index in [0.29, 0.717) is 11.3 Å². The molecule has 0 radical (unpaired) electrons. The van der Waals surface area contributed by atoms with Crippen LogP contribution in [0.1, 0.15) is 15.9 Å². The van der Waals surface area contributed by atoms with E-state index >= 15 is 0 Å². The maximum atomic E-state index is 12.0. The average Bonchev–Trinajstić information content (AvgIpc) is 2.72. The van der Waals surface area contributed by atoms with Crippen LogP contribution in [0, 0.1) is 0 Å². The van der Waals surface area contributed by atoms with Crippen LogP contribution in [-0.4, -0.2) is 26.2 Å². The van der Waals surface area contributed by atoms with Crippen LogP contribution in [0.5, 0.6) is 23.0 Å². The topological polar surface area (TPSA) is 98.0 Å². The minimum absolute atomic E-state index is 0.131. The maximum absolute atomic E-state index is 12.0. The van der Waals surface area contributed by atoms with Gasteiger partial charge in [0.1, 0.15) is 11.5 Å². The number of benzene rings is 4. The van der Waals surface area contributed by atoms with Gasteiger partial charge in [-0.25, -0.2) is 0 Å². The molecule has 0 aliphatic heterocycles. The van der Waals surface area contributed by atoms with Crippen molar-refractivity contribution in [3.8, 4) is 23.0 Å². The first-order valence-electron chi connectivity index (χ1n) is 8.49. The Hall–Kier alpha value is -3.99. The lowest BCUT2D eigenvalue weighted by atomic mass is 10.0. The van der Waals surface area contributed by atoms with Gasteiger partial charge in [-0.05, 0) is 17.5 Å². The van der Waals surface area contributed by atoms with Crippen LogP contribution >= 0.6 is 0 Å². The third kappa shape index (κ3) is 4.04. The summed E-state index contributed by atoms with van der Waals surface area (Å²) in [5.74, 6) is -1.45. The molecule has 5 heteroatoms. The molecular formula is C23H18O5. The Morgan fingerprint density at radius 1 is 0.643 bits per heavy atom. The smallest absolute Gasteiger partial charge is 0.197 e.